The maximum Gasteiger partial charge on any atom is 0.315 e. The van der Waals surface area contributed by atoms with Gasteiger partial charge in [-0.3, -0.25) is 4.79 Å². The van der Waals surface area contributed by atoms with E-state index < -0.39 is 5.92 Å². The van der Waals surface area contributed by atoms with E-state index in [1.54, 1.807) is 0 Å². The number of carbonyl (C=O) groups excluding carboxylic acids is 1. The van der Waals surface area contributed by atoms with E-state index in [-0.39, 0.29) is 11.9 Å². The van der Waals surface area contributed by atoms with E-state index in [2.05, 4.69) is 17.1 Å². The highest BCUT2D eigenvalue weighted by molar-refractivity contribution is 6.30. The lowest BCUT2D eigenvalue weighted by Crippen LogP contribution is -2.37. The van der Waals surface area contributed by atoms with Crippen LogP contribution in [0.3, 0.4) is 0 Å². The second-order valence-corrected chi connectivity index (χ2v) is 7.77. The molecule has 1 heterocycles. The number of hydrogen-bond acceptors (Lipinski definition) is 4. The van der Waals surface area contributed by atoms with Gasteiger partial charge in [-0.25, -0.2) is 0 Å². The Morgan fingerprint density at radius 1 is 1.03 bits per heavy atom. The summed E-state index contributed by atoms with van der Waals surface area (Å²) in [6, 6.07) is 17.4. The molecule has 1 aliphatic rings. The molecule has 4 nitrogen and oxygen atoms in total. The van der Waals surface area contributed by atoms with Crippen LogP contribution >= 0.6 is 11.6 Å². The Morgan fingerprint density at radius 2 is 1.83 bits per heavy atom. The van der Waals surface area contributed by atoms with Crippen molar-refractivity contribution in [1.29, 1.82) is 0 Å². The molecular formula is C24H27ClN2O2. The number of carbonyl (C=O) groups is 1. The average molecular weight is 411 g/mol. The lowest BCUT2D eigenvalue weighted by molar-refractivity contribution is -0.146. The van der Waals surface area contributed by atoms with Crippen molar-refractivity contribution < 1.29 is 9.53 Å². The number of halogens is 1. The minimum absolute atomic E-state index is 0.254. The predicted molar refractivity (Wildman–Crippen MR) is 119 cm³/mol. The van der Waals surface area contributed by atoms with Gasteiger partial charge in [-0.1, -0.05) is 80.3 Å². The maximum absolute atomic E-state index is 13.1. The number of ether oxygens (including phenoxy) is 1. The molecule has 29 heavy (non-hydrogen) atoms. The molecule has 2 atom stereocenters. The van der Waals surface area contributed by atoms with Crippen LogP contribution in [0.4, 0.5) is 0 Å². The van der Waals surface area contributed by atoms with Crippen LogP contribution in [0, 0.1) is 5.92 Å². The monoisotopic (exact) mass is 410 g/mol. The minimum atomic E-state index is -0.521. The van der Waals surface area contributed by atoms with Crippen molar-refractivity contribution in [2.24, 2.45) is 16.1 Å². The maximum atomic E-state index is 13.1. The lowest BCUT2D eigenvalue weighted by Gasteiger charge is -2.29. The quantitative estimate of drug-likeness (QED) is 0.393. The zero-order valence-electron chi connectivity index (χ0n) is 17.0. The Morgan fingerprint density at radius 3 is 2.55 bits per heavy atom. The summed E-state index contributed by atoms with van der Waals surface area (Å²) in [5.41, 5.74) is 3.29. The molecule has 0 bridgehead atoms. The minimum Gasteiger partial charge on any atom is -0.465 e. The van der Waals surface area contributed by atoms with Crippen LogP contribution in [-0.4, -0.2) is 24.0 Å². The van der Waals surface area contributed by atoms with E-state index in [9.17, 15) is 4.79 Å². The summed E-state index contributed by atoms with van der Waals surface area (Å²) in [4.78, 5) is 13.1. The highest BCUT2D eigenvalue weighted by atomic mass is 35.5. The normalized spacial score (nSPS) is 18.7. The fraction of sp³-hybridized carbons (Fsp3) is 0.375. The summed E-state index contributed by atoms with van der Waals surface area (Å²) < 4.78 is 5.66. The van der Waals surface area contributed by atoms with Gasteiger partial charge in [-0.2, -0.15) is 10.2 Å². The van der Waals surface area contributed by atoms with Crippen molar-refractivity contribution >= 4 is 29.0 Å². The summed E-state index contributed by atoms with van der Waals surface area (Å²) >= 11 is 6.27. The van der Waals surface area contributed by atoms with Gasteiger partial charge in [0.1, 0.15) is 5.92 Å². The smallest absolute Gasteiger partial charge is 0.315 e. The molecule has 1 aliphatic heterocycles. The SMILES string of the molecule is CCCCCCOC(=O)C1C(C)=NN=C(c2ccccc2)C1c1cccc(Cl)c1. The third-order valence-electron chi connectivity index (χ3n) is 5.17. The van der Waals surface area contributed by atoms with Gasteiger partial charge in [0.2, 0.25) is 0 Å². The Hall–Kier alpha value is -2.46. The number of esters is 1. The van der Waals surface area contributed by atoms with Gasteiger partial charge in [0.25, 0.3) is 0 Å². The van der Waals surface area contributed by atoms with Crippen LogP contribution < -0.4 is 0 Å². The summed E-state index contributed by atoms with van der Waals surface area (Å²) in [7, 11) is 0. The van der Waals surface area contributed by atoms with Crippen LogP contribution in [0.2, 0.25) is 5.02 Å². The largest absolute Gasteiger partial charge is 0.465 e. The number of unbranched alkanes of at least 4 members (excludes halogenated alkanes) is 3. The molecule has 2 aromatic carbocycles. The fourth-order valence-electron chi connectivity index (χ4n) is 3.65. The van der Waals surface area contributed by atoms with Crippen molar-refractivity contribution in [3.05, 3.63) is 70.7 Å². The molecule has 2 unspecified atom stereocenters. The fourth-order valence-corrected chi connectivity index (χ4v) is 3.85. The van der Waals surface area contributed by atoms with Gasteiger partial charge in [-0.05, 0) is 36.6 Å². The molecule has 0 amide bonds. The van der Waals surface area contributed by atoms with Gasteiger partial charge in [0, 0.05) is 10.9 Å². The summed E-state index contributed by atoms with van der Waals surface area (Å²) in [5, 5.41) is 9.42. The molecule has 0 radical (unpaired) electrons. The Bertz CT molecular complexity index is 893. The van der Waals surface area contributed by atoms with Crippen LogP contribution in [0.5, 0.6) is 0 Å². The summed E-state index contributed by atoms with van der Waals surface area (Å²) in [6.07, 6.45) is 4.24. The molecule has 0 saturated carbocycles. The molecule has 5 heteroatoms. The zero-order chi connectivity index (χ0) is 20.6. The van der Waals surface area contributed by atoms with Crippen molar-refractivity contribution in [2.45, 2.75) is 45.4 Å². The van der Waals surface area contributed by atoms with E-state index in [1.807, 2.05) is 61.5 Å². The second-order valence-electron chi connectivity index (χ2n) is 7.33. The predicted octanol–water partition coefficient (Wildman–Crippen LogP) is 6.04. The van der Waals surface area contributed by atoms with Gasteiger partial charge < -0.3 is 4.74 Å². The van der Waals surface area contributed by atoms with Crippen LogP contribution in [0.25, 0.3) is 0 Å². The van der Waals surface area contributed by atoms with E-state index >= 15 is 0 Å². The first-order chi connectivity index (χ1) is 14.1. The van der Waals surface area contributed by atoms with E-state index in [0.29, 0.717) is 17.3 Å². The van der Waals surface area contributed by atoms with Gasteiger partial charge in [0.05, 0.1) is 18.0 Å². The van der Waals surface area contributed by atoms with E-state index in [0.717, 1.165) is 42.5 Å². The molecule has 0 aromatic heterocycles. The average Bonchev–Trinajstić information content (AvgIpc) is 2.73. The molecule has 0 spiro atoms. The Balaban J connectivity index is 1.92. The third-order valence-corrected chi connectivity index (χ3v) is 5.40. The molecular weight excluding hydrogens is 384 g/mol. The first-order valence-corrected chi connectivity index (χ1v) is 10.6. The second kappa shape index (κ2) is 10.4. The van der Waals surface area contributed by atoms with Crippen molar-refractivity contribution in [1.82, 2.24) is 0 Å². The highest BCUT2D eigenvalue weighted by Crippen LogP contribution is 2.35. The van der Waals surface area contributed by atoms with Gasteiger partial charge in [0.15, 0.2) is 0 Å². The third kappa shape index (κ3) is 5.33. The summed E-state index contributed by atoms with van der Waals surface area (Å²) in [6.45, 7) is 4.43. The van der Waals surface area contributed by atoms with E-state index in [4.69, 9.17) is 16.3 Å². The van der Waals surface area contributed by atoms with E-state index in [1.165, 1.54) is 0 Å². The molecule has 0 fully saturated rings. The summed E-state index contributed by atoms with van der Waals surface area (Å²) in [5.74, 6) is -1.07. The van der Waals surface area contributed by atoms with Crippen molar-refractivity contribution in [3.8, 4) is 0 Å². The number of hydrogen-bond donors (Lipinski definition) is 0. The zero-order valence-corrected chi connectivity index (χ0v) is 17.7. The molecule has 2 aromatic rings. The molecule has 0 aliphatic carbocycles. The number of nitrogens with zero attached hydrogens (tertiary/aromatic N) is 2. The van der Waals surface area contributed by atoms with Crippen molar-refractivity contribution in [2.75, 3.05) is 6.61 Å². The first kappa shape index (κ1) is 21.3. The topological polar surface area (TPSA) is 51.0 Å². The van der Waals surface area contributed by atoms with Crippen LogP contribution in [0.1, 0.15) is 56.6 Å². The lowest BCUT2D eigenvalue weighted by atomic mass is 9.77. The van der Waals surface area contributed by atoms with Gasteiger partial charge >= 0.3 is 5.97 Å². The molecule has 0 N–H and O–H groups in total. The highest BCUT2D eigenvalue weighted by Gasteiger charge is 2.39. The Kier molecular flexibility index (Phi) is 7.59. The molecule has 0 saturated heterocycles. The Labute approximate surface area is 177 Å². The molecule has 152 valence electrons. The number of benzene rings is 2. The first-order valence-electron chi connectivity index (χ1n) is 10.2. The number of rotatable bonds is 8. The standard InChI is InChI=1S/C24H27ClN2O2/c1-3-4-5-9-15-29-24(28)21-17(2)26-27-23(18-11-7-6-8-12-18)22(21)19-13-10-14-20(25)16-19/h6-8,10-14,16,21-22H,3-5,9,15H2,1-2H3. The van der Waals surface area contributed by atoms with Crippen LogP contribution in [-0.2, 0) is 9.53 Å². The van der Waals surface area contributed by atoms with Crippen LogP contribution in [0.15, 0.2) is 64.8 Å². The molecule has 3 rings (SSSR count). The van der Waals surface area contributed by atoms with Gasteiger partial charge in [-0.15, -0.1) is 0 Å². The van der Waals surface area contributed by atoms with Crippen molar-refractivity contribution in [3.63, 3.8) is 0 Å².